The number of carboxylic acids is 1. The first-order valence-electron chi connectivity index (χ1n) is 7.08. The van der Waals surface area contributed by atoms with Crippen molar-refractivity contribution in [2.24, 2.45) is 5.41 Å². The van der Waals surface area contributed by atoms with Crippen molar-refractivity contribution in [2.75, 3.05) is 0 Å². The summed E-state index contributed by atoms with van der Waals surface area (Å²) in [5, 5.41) is 11.6. The first-order chi connectivity index (χ1) is 9.52. The average Bonchev–Trinajstić information content (AvgIpc) is 3.18. The summed E-state index contributed by atoms with van der Waals surface area (Å²) in [6, 6.07) is 9.93. The highest BCUT2D eigenvalue weighted by atomic mass is 16.4. The van der Waals surface area contributed by atoms with E-state index in [-0.39, 0.29) is 23.8 Å². The van der Waals surface area contributed by atoms with Gasteiger partial charge in [0.15, 0.2) is 0 Å². The van der Waals surface area contributed by atoms with E-state index in [1.165, 1.54) is 5.56 Å². The fourth-order valence-corrected chi connectivity index (χ4v) is 2.41. The quantitative estimate of drug-likeness (QED) is 0.803. The lowest BCUT2D eigenvalue weighted by molar-refractivity contribution is -0.137. The van der Waals surface area contributed by atoms with Crippen LogP contribution in [0, 0.1) is 5.41 Å². The highest BCUT2D eigenvalue weighted by molar-refractivity contribution is 5.85. The van der Waals surface area contributed by atoms with Crippen LogP contribution in [-0.2, 0) is 16.0 Å². The molecule has 0 heterocycles. The van der Waals surface area contributed by atoms with Crippen molar-refractivity contribution in [3.63, 3.8) is 0 Å². The Morgan fingerprint density at radius 1 is 1.30 bits per heavy atom. The molecule has 0 bridgehead atoms. The van der Waals surface area contributed by atoms with Crippen molar-refractivity contribution in [3.8, 4) is 0 Å². The lowest BCUT2D eigenvalue weighted by Crippen LogP contribution is -2.39. The Bertz CT molecular complexity index is 480. The van der Waals surface area contributed by atoms with Crippen LogP contribution in [0.5, 0.6) is 0 Å². The van der Waals surface area contributed by atoms with Crippen molar-refractivity contribution >= 4 is 11.9 Å². The molecule has 2 N–H and O–H groups in total. The van der Waals surface area contributed by atoms with Gasteiger partial charge >= 0.3 is 5.97 Å². The summed E-state index contributed by atoms with van der Waals surface area (Å²) >= 11 is 0. The summed E-state index contributed by atoms with van der Waals surface area (Å²) in [5.41, 5.74) is 0.914. The van der Waals surface area contributed by atoms with E-state index in [1.807, 2.05) is 37.3 Å². The standard InChI is InChI=1S/C16H21NO3/c1-12(7-8-14(18)19)17-15(20)16(9-10-16)11-13-5-3-2-4-6-13/h2-6,12H,7-11H2,1H3,(H,17,20)(H,18,19). The average molecular weight is 275 g/mol. The summed E-state index contributed by atoms with van der Waals surface area (Å²) in [7, 11) is 0. The molecular weight excluding hydrogens is 254 g/mol. The van der Waals surface area contributed by atoms with Gasteiger partial charge in [-0.2, -0.15) is 0 Å². The number of hydrogen-bond acceptors (Lipinski definition) is 2. The molecule has 20 heavy (non-hydrogen) atoms. The van der Waals surface area contributed by atoms with E-state index in [0.29, 0.717) is 6.42 Å². The summed E-state index contributed by atoms with van der Waals surface area (Å²) in [5.74, 6) is -0.754. The topological polar surface area (TPSA) is 66.4 Å². The van der Waals surface area contributed by atoms with Gasteiger partial charge in [0.25, 0.3) is 0 Å². The van der Waals surface area contributed by atoms with Gasteiger partial charge in [-0.25, -0.2) is 0 Å². The highest BCUT2D eigenvalue weighted by Gasteiger charge is 2.49. The Balaban J connectivity index is 1.87. The molecule has 0 radical (unpaired) electrons. The molecule has 1 aliphatic carbocycles. The van der Waals surface area contributed by atoms with Crippen molar-refractivity contribution in [1.29, 1.82) is 0 Å². The third-order valence-corrected chi connectivity index (χ3v) is 3.89. The van der Waals surface area contributed by atoms with Gasteiger partial charge in [0.2, 0.25) is 5.91 Å². The zero-order chi connectivity index (χ0) is 14.6. The van der Waals surface area contributed by atoms with Crippen molar-refractivity contribution in [2.45, 2.75) is 45.1 Å². The number of aliphatic carboxylic acids is 1. The zero-order valence-corrected chi connectivity index (χ0v) is 11.8. The Morgan fingerprint density at radius 2 is 1.95 bits per heavy atom. The van der Waals surface area contributed by atoms with Gasteiger partial charge < -0.3 is 10.4 Å². The second-order valence-electron chi connectivity index (χ2n) is 5.75. The first kappa shape index (κ1) is 14.6. The Hall–Kier alpha value is -1.84. The molecule has 1 amide bonds. The molecule has 1 unspecified atom stereocenters. The van der Waals surface area contributed by atoms with Crippen LogP contribution in [-0.4, -0.2) is 23.0 Å². The molecule has 0 aromatic heterocycles. The van der Waals surface area contributed by atoms with Crippen molar-refractivity contribution < 1.29 is 14.7 Å². The fourth-order valence-electron chi connectivity index (χ4n) is 2.41. The lowest BCUT2D eigenvalue weighted by atomic mass is 9.95. The molecule has 1 aromatic carbocycles. The molecular formula is C16H21NO3. The molecule has 1 fully saturated rings. The van der Waals surface area contributed by atoms with Gasteiger partial charge in [-0.1, -0.05) is 30.3 Å². The SMILES string of the molecule is CC(CCC(=O)O)NC(=O)C1(Cc2ccccc2)CC1. The molecule has 2 rings (SSSR count). The molecule has 4 nitrogen and oxygen atoms in total. The number of hydrogen-bond donors (Lipinski definition) is 2. The van der Waals surface area contributed by atoms with Crippen LogP contribution in [0.3, 0.4) is 0 Å². The maximum atomic E-state index is 12.3. The largest absolute Gasteiger partial charge is 0.481 e. The van der Waals surface area contributed by atoms with Gasteiger partial charge in [-0.15, -0.1) is 0 Å². The lowest BCUT2D eigenvalue weighted by Gasteiger charge is -2.19. The van der Waals surface area contributed by atoms with E-state index >= 15 is 0 Å². The molecule has 1 atom stereocenters. The summed E-state index contributed by atoms with van der Waals surface area (Å²) in [6.45, 7) is 1.86. The van der Waals surface area contributed by atoms with E-state index in [2.05, 4.69) is 5.32 Å². The Kier molecular flexibility index (Phi) is 4.42. The fraction of sp³-hybridized carbons (Fsp3) is 0.500. The normalized spacial score (nSPS) is 17.2. The van der Waals surface area contributed by atoms with Crippen LogP contribution in [0.25, 0.3) is 0 Å². The second-order valence-corrected chi connectivity index (χ2v) is 5.75. The van der Waals surface area contributed by atoms with E-state index in [9.17, 15) is 9.59 Å². The van der Waals surface area contributed by atoms with Gasteiger partial charge in [-0.3, -0.25) is 9.59 Å². The third kappa shape index (κ3) is 3.83. The second kappa shape index (κ2) is 6.07. The number of carbonyl (C=O) groups excluding carboxylic acids is 1. The minimum Gasteiger partial charge on any atom is -0.481 e. The van der Waals surface area contributed by atoms with Crippen molar-refractivity contribution in [3.05, 3.63) is 35.9 Å². The number of rotatable bonds is 7. The van der Waals surface area contributed by atoms with Gasteiger partial charge in [0.05, 0.1) is 5.41 Å². The third-order valence-electron chi connectivity index (χ3n) is 3.89. The maximum Gasteiger partial charge on any atom is 0.303 e. The first-order valence-corrected chi connectivity index (χ1v) is 7.08. The number of amides is 1. The predicted molar refractivity (Wildman–Crippen MR) is 76.3 cm³/mol. The smallest absolute Gasteiger partial charge is 0.303 e. The van der Waals surface area contributed by atoms with Gasteiger partial charge in [-0.05, 0) is 38.2 Å². The monoisotopic (exact) mass is 275 g/mol. The molecule has 1 aliphatic rings. The molecule has 0 aliphatic heterocycles. The Morgan fingerprint density at radius 3 is 2.50 bits per heavy atom. The molecule has 1 aromatic rings. The van der Waals surface area contributed by atoms with Crippen LogP contribution in [0.15, 0.2) is 30.3 Å². The molecule has 1 saturated carbocycles. The van der Waals surface area contributed by atoms with Crippen LogP contribution in [0.2, 0.25) is 0 Å². The van der Waals surface area contributed by atoms with Gasteiger partial charge in [0, 0.05) is 12.5 Å². The highest BCUT2D eigenvalue weighted by Crippen LogP contribution is 2.48. The maximum absolute atomic E-state index is 12.3. The zero-order valence-electron chi connectivity index (χ0n) is 11.8. The molecule has 4 heteroatoms. The predicted octanol–water partition coefficient (Wildman–Crippen LogP) is 2.38. The van der Waals surface area contributed by atoms with E-state index in [1.54, 1.807) is 0 Å². The van der Waals surface area contributed by atoms with Crippen molar-refractivity contribution in [1.82, 2.24) is 5.32 Å². The minimum atomic E-state index is -0.823. The summed E-state index contributed by atoms with van der Waals surface area (Å²) in [4.78, 5) is 22.9. The number of nitrogens with one attached hydrogen (secondary N) is 1. The summed E-state index contributed by atoms with van der Waals surface area (Å²) in [6.07, 6.45) is 3.17. The van der Waals surface area contributed by atoms with Gasteiger partial charge in [0.1, 0.15) is 0 Å². The molecule has 108 valence electrons. The number of benzene rings is 1. The van der Waals surface area contributed by atoms with Crippen LogP contribution in [0.4, 0.5) is 0 Å². The number of carbonyl (C=O) groups is 2. The van der Waals surface area contributed by atoms with Crippen LogP contribution < -0.4 is 5.32 Å². The van der Waals surface area contributed by atoms with E-state index in [0.717, 1.165) is 19.3 Å². The molecule has 0 spiro atoms. The van der Waals surface area contributed by atoms with Crippen LogP contribution in [0.1, 0.15) is 38.2 Å². The van der Waals surface area contributed by atoms with E-state index in [4.69, 9.17) is 5.11 Å². The minimum absolute atomic E-state index is 0.0687. The number of carboxylic acid groups (broad SMARTS) is 1. The Labute approximate surface area is 119 Å². The van der Waals surface area contributed by atoms with Crippen LogP contribution >= 0.6 is 0 Å². The summed E-state index contributed by atoms with van der Waals surface area (Å²) < 4.78 is 0. The molecule has 0 saturated heterocycles. The van der Waals surface area contributed by atoms with E-state index < -0.39 is 5.97 Å².